The molecule has 0 aliphatic carbocycles. The Morgan fingerprint density at radius 3 is 2.47 bits per heavy atom. The first-order valence-electron chi connectivity index (χ1n) is 5.50. The summed E-state index contributed by atoms with van der Waals surface area (Å²) in [6, 6.07) is 11.9. The van der Waals surface area contributed by atoms with E-state index in [-0.39, 0.29) is 5.41 Å². The molecule has 2 rings (SSSR count). The van der Waals surface area contributed by atoms with Gasteiger partial charge in [-0.2, -0.15) is 0 Å². The fraction of sp³-hybridized carbons (Fsp3) is 0.231. The van der Waals surface area contributed by atoms with E-state index in [2.05, 4.69) is 41.4 Å². The quantitative estimate of drug-likeness (QED) is 0.623. The van der Waals surface area contributed by atoms with Crippen molar-refractivity contribution in [1.82, 2.24) is 9.97 Å². The summed E-state index contributed by atoms with van der Waals surface area (Å²) in [6.45, 7) is 4.19. The van der Waals surface area contributed by atoms with Crippen LogP contribution >= 0.6 is 0 Å². The molecule has 0 spiro atoms. The van der Waals surface area contributed by atoms with Crippen LogP contribution in [0.15, 0.2) is 42.6 Å². The molecular formula is C13H16N4. The van der Waals surface area contributed by atoms with Crippen LogP contribution in [0.4, 0.5) is 5.82 Å². The molecule has 17 heavy (non-hydrogen) atoms. The minimum absolute atomic E-state index is 0.242. The van der Waals surface area contributed by atoms with E-state index in [9.17, 15) is 0 Å². The maximum absolute atomic E-state index is 5.36. The number of rotatable bonds is 3. The summed E-state index contributed by atoms with van der Waals surface area (Å²) in [5.41, 5.74) is 3.47. The number of aromatic nitrogens is 2. The van der Waals surface area contributed by atoms with Crippen LogP contribution in [0.2, 0.25) is 0 Å². The molecular weight excluding hydrogens is 212 g/mol. The molecule has 4 heteroatoms. The minimum Gasteiger partial charge on any atom is -0.308 e. The first kappa shape index (κ1) is 11.5. The van der Waals surface area contributed by atoms with Crippen LogP contribution in [-0.2, 0) is 5.41 Å². The summed E-state index contributed by atoms with van der Waals surface area (Å²) in [5, 5.41) is 0. The number of nitrogens with zero attached hydrogens (tertiary/aromatic N) is 2. The topological polar surface area (TPSA) is 63.8 Å². The largest absolute Gasteiger partial charge is 0.308 e. The normalized spacial score (nSPS) is 11.2. The second kappa shape index (κ2) is 4.51. The van der Waals surface area contributed by atoms with Gasteiger partial charge in [-0.15, -0.1) is 0 Å². The van der Waals surface area contributed by atoms with Crippen LogP contribution < -0.4 is 11.3 Å². The minimum atomic E-state index is -0.242. The summed E-state index contributed by atoms with van der Waals surface area (Å²) in [5.74, 6) is 6.73. The number of anilines is 1. The predicted molar refractivity (Wildman–Crippen MR) is 68.4 cm³/mol. The number of nitrogens with two attached hydrogens (primary N) is 1. The molecule has 2 aromatic rings. The molecule has 88 valence electrons. The Kier molecular flexibility index (Phi) is 3.06. The highest BCUT2D eigenvalue weighted by molar-refractivity contribution is 5.36. The molecule has 0 saturated heterocycles. The molecule has 0 atom stereocenters. The van der Waals surface area contributed by atoms with E-state index in [0.29, 0.717) is 5.82 Å². The molecule has 0 unspecified atom stereocenters. The Morgan fingerprint density at radius 1 is 1.12 bits per heavy atom. The average molecular weight is 228 g/mol. The van der Waals surface area contributed by atoms with Gasteiger partial charge in [0.2, 0.25) is 0 Å². The zero-order valence-electron chi connectivity index (χ0n) is 10.0. The number of nitrogens with one attached hydrogen (secondary N) is 1. The lowest BCUT2D eigenvalue weighted by molar-refractivity contribution is 0.590. The number of hydrogen-bond donors (Lipinski definition) is 2. The molecule has 1 heterocycles. The maximum Gasteiger partial charge on any atom is 0.143 e. The molecule has 4 nitrogen and oxygen atoms in total. The second-order valence-electron chi connectivity index (χ2n) is 4.40. The molecule has 0 amide bonds. The molecule has 0 aliphatic rings. The van der Waals surface area contributed by atoms with Crippen LogP contribution in [0.25, 0.3) is 0 Å². The lowest BCUT2D eigenvalue weighted by Crippen LogP contribution is -2.23. The standard InChI is InChI=1S/C13H16N4/c1-13(2,10-6-4-3-5-7-10)12-15-9-8-11(16-12)17-14/h3-9H,14H2,1-2H3,(H,15,16,17). The first-order chi connectivity index (χ1) is 8.14. The molecule has 1 aromatic carbocycles. The summed E-state index contributed by atoms with van der Waals surface area (Å²) in [6.07, 6.45) is 1.71. The van der Waals surface area contributed by atoms with Gasteiger partial charge in [0.15, 0.2) is 0 Å². The van der Waals surface area contributed by atoms with Gasteiger partial charge in [-0.1, -0.05) is 30.3 Å². The fourth-order valence-corrected chi connectivity index (χ4v) is 1.72. The molecule has 0 fully saturated rings. The summed E-state index contributed by atoms with van der Waals surface area (Å²) in [4.78, 5) is 8.72. The molecule has 0 saturated carbocycles. The van der Waals surface area contributed by atoms with Gasteiger partial charge in [-0.25, -0.2) is 15.8 Å². The summed E-state index contributed by atoms with van der Waals surface area (Å²) in [7, 11) is 0. The fourth-order valence-electron chi connectivity index (χ4n) is 1.72. The van der Waals surface area contributed by atoms with Gasteiger partial charge in [0.05, 0.1) is 0 Å². The Morgan fingerprint density at radius 2 is 1.82 bits per heavy atom. The van der Waals surface area contributed by atoms with Crippen molar-refractivity contribution in [3.8, 4) is 0 Å². The van der Waals surface area contributed by atoms with Gasteiger partial charge >= 0.3 is 0 Å². The van der Waals surface area contributed by atoms with Crippen molar-refractivity contribution < 1.29 is 0 Å². The van der Waals surface area contributed by atoms with Crippen molar-refractivity contribution in [2.24, 2.45) is 5.84 Å². The smallest absolute Gasteiger partial charge is 0.143 e. The van der Waals surface area contributed by atoms with Gasteiger partial charge in [0, 0.05) is 17.7 Å². The molecule has 0 aliphatic heterocycles. The molecule has 3 N–H and O–H groups in total. The van der Waals surface area contributed by atoms with E-state index in [1.165, 1.54) is 5.56 Å². The van der Waals surface area contributed by atoms with E-state index in [4.69, 9.17) is 5.84 Å². The Bertz CT molecular complexity index is 494. The first-order valence-corrected chi connectivity index (χ1v) is 5.50. The number of hydrazine groups is 1. The van der Waals surface area contributed by atoms with E-state index in [0.717, 1.165) is 5.82 Å². The Labute approximate surface area is 101 Å². The lowest BCUT2D eigenvalue weighted by Gasteiger charge is -2.23. The van der Waals surface area contributed by atoms with Gasteiger partial charge in [-0.3, -0.25) is 0 Å². The monoisotopic (exact) mass is 228 g/mol. The number of hydrogen-bond acceptors (Lipinski definition) is 4. The maximum atomic E-state index is 5.36. The van der Waals surface area contributed by atoms with Crippen molar-refractivity contribution in [1.29, 1.82) is 0 Å². The SMILES string of the molecule is CC(C)(c1ccccc1)c1nccc(NN)n1. The Balaban J connectivity index is 2.44. The highest BCUT2D eigenvalue weighted by Crippen LogP contribution is 2.28. The predicted octanol–water partition coefficient (Wildman–Crippen LogP) is 2.09. The van der Waals surface area contributed by atoms with Gasteiger partial charge in [0.1, 0.15) is 11.6 Å². The third-order valence-corrected chi connectivity index (χ3v) is 2.86. The van der Waals surface area contributed by atoms with Crippen molar-refractivity contribution in [2.45, 2.75) is 19.3 Å². The van der Waals surface area contributed by atoms with E-state index >= 15 is 0 Å². The van der Waals surface area contributed by atoms with Crippen LogP contribution in [0.5, 0.6) is 0 Å². The van der Waals surface area contributed by atoms with Crippen LogP contribution in [0.1, 0.15) is 25.2 Å². The Hall–Kier alpha value is -1.94. The van der Waals surface area contributed by atoms with Gasteiger partial charge < -0.3 is 5.43 Å². The number of nitrogen functional groups attached to an aromatic ring is 1. The van der Waals surface area contributed by atoms with Crippen molar-refractivity contribution >= 4 is 5.82 Å². The second-order valence-corrected chi connectivity index (χ2v) is 4.40. The third-order valence-electron chi connectivity index (χ3n) is 2.86. The van der Waals surface area contributed by atoms with E-state index in [1.54, 1.807) is 12.3 Å². The van der Waals surface area contributed by atoms with Crippen LogP contribution in [-0.4, -0.2) is 9.97 Å². The zero-order valence-corrected chi connectivity index (χ0v) is 10.0. The third kappa shape index (κ3) is 2.26. The number of benzene rings is 1. The van der Waals surface area contributed by atoms with Gasteiger partial charge in [-0.05, 0) is 19.4 Å². The van der Waals surface area contributed by atoms with Crippen molar-refractivity contribution in [3.63, 3.8) is 0 Å². The molecule has 0 radical (unpaired) electrons. The van der Waals surface area contributed by atoms with Crippen LogP contribution in [0, 0.1) is 0 Å². The highest BCUT2D eigenvalue weighted by Gasteiger charge is 2.26. The highest BCUT2D eigenvalue weighted by atomic mass is 15.3. The summed E-state index contributed by atoms with van der Waals surface area (Å²) >= 11 is 0. The van der Waals surface area contributed by atoms with Crippen molar-refractivity contribution in [2.75, 3.05) is 5.43 Å². The van der Waals surface area contributed by atoms with Crippen molar-refractivity contribution in [3.05, 3.63) is 54.0 Å². The molecule has 1 aromatic heterocycles. The lowest BCUT2D eigenvalue weighted by atomic mass is 9.84. The average Bonchev–Trinajstić information content (AvgIpc) is 2.40. The molecule has 0 bridgehead atoms. The van der Waals surface area contributed by atoms with Crippen LogP contribution in [0.3, 0.4) is 0 Å². The zero-order chi connectivity index (χ0) is 12.3. The van der Waals surface area contributed by atoms with E-state index in [1.807, 2.05) is 18.2 Å². The summed E-state index contributed by atoms with van der Waals surface area (Å²) < 4.78 is 0. The van der Waals surface area contributed by atoms with Gasteiger partial charge in [0.25, 0.3) is 0 Å². The van der Waals surface area contributed by atoms with E-state index < -0.39 is 0 Å².